The number of piperidine rings is 1. The SMILES string of the molecule is CCCCc1nc2c(N)nc3ccccc3c2n1CC1CCN(C)CC1. The zero-order valence-corrected chi connectivity index (χ0v) is 15.9. The molecule has 0 saturated carbocycles. The standard InChI is InChI=1S/C21H29N5/c1-3-4-9-18-24-19-20(16-7-5-6-8-17(16)23-21(19)22)26(18)14-15-10-12-25(2)13-11-15/h5-8,15H,3-4,9-14H2,1-2H3,(H2,22,23). The number of aromatic nitrogens is 3. The van der Waals surface area contributed by atoms with Crippen LogP contribution in [-0.2, 0) is 13.0 Å². The highest BCUT2D eigenvalue weighted by Gasteiger charge is 2.22. The normalized spacial score (nSPS) is 16.7. The molecule has 26 heavy (non-hydrogen) atoms. The number of nitrogen functional groups attached to an aromatic ring is 1. The third-order valence-corrected chi connectivity index (χ3v) is 5.72. The smallest absolute Gasteiger partial charge is 0.152 e. The fourth-order valence-corrected chi connectivity index (χ4v) is 4.13. The van der Waals surface area contributed by atoms with Crippen LogP contribution in [0.25, 0.3) is 21.9 Å². The minimum absolute atomic E-state index is 0.554. The first-order valence-corrected chi connectivity index (χ1v) is 9.89. The quantitative estimate of drug-likeness (QED) is 0.758. The largest absolute Gasteiger partial charge is 0.382 e. The fraction of sp³-hybridized carbons (Fsp3) is 0.524. The van der Waals surface area contributed by atoms with Crippen LogP contribution < -0.4 is 5.73 Å². The summed E-state index contributed by atoms with van der Waals surface area (Å²) in [5.74, 6) is 2.43. The van der Waals surface area contributed by atoms with Crippen molar-refractivity contribution in [3.8, 4) is 0 Å². The molecule has 0 amide bonds. The summed E-state index contributed by atoms with van der Waals surface area (Å²) in [6, 6.07) is 8.30. The molecule has 5 nitrogen and oxygen atoms in total. The Balaban J connectivity index is 1.83. The van der Waals surface area contributed by atoms with Gasteiger partial charge in [-0.15, -0.1) is 0 Å². The van der Waals surface area contributed by atoms with Crippen molar-refractivity contribution in [2.24, 2.45) is 5.92 Å². The Bertz CT molecular complexity index is 906. The van der Waals surface area contributed by atoms with Gasteiger partial charge in [-0.3, -0.25) is 0 Å². The first kappa shape index (κ1) is 17.3. The van der Waals surface area contributed by atoms with E-state index >= 15 is 0 Å². The van der Waals surface area contributed by atoms with Gasteiger partial charge < -0.3 is 15.2 Å². The van der Waals surface area contributed by atoms with Gasteiger partial charge in [0.25, 0.3) is 0 Å². The number of nitrogens with two attached hydrogens (primary N) is 1. The van der Waals surface area contributed by atoms with Crippen molar-refractivity contribution in [2.75, 3.05) is 25.9 Å². The maximum Gasteiger partial charge on any atom is 0.152 e. The fourth-order valence-electron chi connectivity index (χ4n) is 4.13. The van der Waals surface area contributed by atoms with E-state index in [1.807, 2.05) is 12.1 Å². The molecule has 2 N–H and O–H groups in total. The molecule has 0 atom stereocenters. The van der Waals surface area contributed by atoms with Gasteiger partial charge in [-0.05, 0) is 51.4 Å². The maximum atomic E-state index is 6.29. The maximum absolute atomic E-state index is 6.29. The average Bonchev–Trinajstić information content (AvgIpc) is 3.01. The molecule has 1 aliphatic heterocycles. The molecule has 1 aliphatic rings. The molecule has 1 aromatic carbocycles. The molecule has 0 spiro atoms. The highest BCUT2D eigenvalue weighted by Crippen LogP contribution is 2.31. The number of anilines is 1. The monoisotopic (exact) mass is 351 g/mol. The van der Waals surface area contributed by atoms with Crippen LogP contribution in [0.3, 0.4) is 0 Å². The number of benzene rings is 1. The summed E-state index contributed by atoms with van der Waals surface area (Å²) in [5, 5.41) is 1.17. The van der Waals surface area contributed by atoms with Crippen LogP contribution in [-0.4, -0.2) is 39.6 Å². The number of fused-ring (bicyclic) bond motifs is 3. The lowest BCUT2D eigenvalue weighted by atomic mass is 9.97. The van der Waals surface area contributed by atoms with Crippen molar-refractivity contribution in [3.63, 3.8) is 0 Å². The van der Waals surface area contributed by atoms with Crippen molar-refractivity contribution >= 4 is 27.8 Å². The molecular weight excluding hydrogens is 322 g/mol. The molecule has 0 aliphatic carbocycles. The predicted octanol–water partition coefficient (Wildman–Crippen LogP) is 3.85. The van der Waals surface area contributed by atoms with Gasteiger partial charge in [0.05, 0.1) is 11.0 Å². The minimum Gasteiger partial charge on any atom is -0.382 e. The average molecular weight is 351 g/mol. The Morgan fingerprint density at radius 3 is 2.69 bits per heavy atom. The molecule has 3 aromatic rings. The van der Waals surface area contributed by atoms with Gasteiger partial charge in [0.2, 0.25) is 0 Å². The molecule has 1 saturated heterocycles. The molecule has 0 bridgehead atoms. The number of aryl methyl sites for hydroxylation is 1. The predicted molar refractivity (Wildman–Crippen MR) is 108 cm³/mol. The number of pyridine rings is 1. The van der Waals surface area contributed by atoms with E-state index in [9.17, 15) is 0 Å². The summed E-state index contributed by atoms with van der Waals surface area (Å²) in [5.41, 5.74) is 9.31. The van der Waals surface area contributed by atoms with Gasteiger partial charge in [-0.1, -0.05) is 31.5 Å². The third kappa shape index (κ3) is 3.16. The Morgan fingerprint density at radius 2 is 1.92 bits per heavy atom. The van der Waals surface area contributed by atoms with Crippen LogP contribution in [0.4, 0.5) is 5.82 Å². The molecule has 1 fully saturated rings. The van der Waals surface area contributed by atoms with E-state index in [2.05, 4.69) is 40.6 Å². The lowest BCUT2D eigenvalue weighted by molar-refractivity contribution is 0.205. The van der Waals surface area contributed by atoms with E-state index in [1.54, 1.807) is 0 Å². The number of imidazole rings is 1. The van der Waals surface area contributed by atoms with Gasteiger partial charge in [0.1, 0.15) is 11.3 Å². The van der Waals surface area contributed by atoms with Crippen LogP contribution in [0.1, 0.15) is 38.4 Å². The molecular formula is C21H29N5. The number of nitrogens with zero attached hydrogens (tertiary/aromatic N) is 4. The summed E-state index contributed by atoms with van der Waals surface area (Å²) in [6.45, 7) is 5.64. The molecule has 5 heteroatoms. The molecule has 4 rings (SSSR count). The van der Waals surface area contributed by atoms with Gasteiger partial charge in [0.15, 0.2) is 5.82 Å². The van der Waals surface area contributed by atoms with E-state index in [-0.39, 0.29) is 0 Å². The van der Waals surface area contributed by atoms with Crippen LogP contribution >= 0.6 is 0 Å². The van der Waals surface area contributed by atoms with Gasteiger partial charge >= 0.3 is 0 Å². The number of para-hydroxylation sites is 1. The molecule has 138 valence electrons. The number of hydrogen-bond donors (Lipinski definition) is 1. The van der Waals surface area contributed by atoms with E-state index in [0.717, 1.165) is 30.4 Å². The van der Waals surface area contributed by atoms with E-state index in [4.69, 9.17) is 10.7 Å². The first-order chi connectivity index (χ1) is 12.7. The van der Waals surface area contributed by atoms with Crippen LogP contribution in [0.15, 0.2) is 24.3 Å². The van der Waals surface area contributed by atoms with Crippen molar-refractivity contribution in [1.82, 2.24) is 19.4 Å². The van der Waals surface area contributed by atoms with Crippen molar-refractivity contribution in [2.45, 2.75) is 45.6 Å². The van der Waals surface area contributed by atoms with Crippen molar-refractivity contribution < 1.29 is 0 Å². The van der Waals surface area contributed by atoms with Gasteiger partial charge in [0, 0.05) is 18.4 Å². The number of unbranched alkanes of at least 4 members (excludes halogenated alkanes) is 1. The number of hydrogen-bond acceptors (Lipinski definition) is 4. The lowest BCUT2D eigenvalue weighted by Crippen LogP contribution is -2.32. The zero-order valence-electron chi connectivity index (χ0n) is 15.9. The second-order valence-corrected chi connectivity index (χ2v) is 7.70. The molecule has 0 unspecified atom stereocenters. The van der Waals surface area contributed by atoms with E-state index < -0.39 is 0 Å². The van der Waals surface area contributed by atoms with Crippen LogP contribution in [0.5, 0.6) is 0 Å². The molecule has 0 radical (unpaired) electrons. The van der Waals surface area contributed by atoms with Gasteiger partial charge in [-0.2, -0.15) is 0 Å². The summed E-state index contributed by atoms with van der Waals surface area (Å²) in [6.07, 6.45) is 5.84. The summed E-state index contributed by atoms with van der Waals surface area (Å²) in [4.78, 5) is 12.0. The second kappa shape index (κ2) is 7.23. The highest BCUT2D eigenvalue weighted by molar-refractivity contribution is 6.06. The van der Waals surface area contributed by atoms with Crippen LogP contribution in [0, 0.1) is 5.92 Å². The molecule has 3 heterocycles. The van der Waals surface area contributed by atoms with E-state index in [1.165, 1.54) is 49.1 Å². The third-order valence-electron chi connectivity index (χ3n) is 5.72. The van der Waals surface area contributed by atoms with Crippen LogP contribution in [0.2, 0.25) is 0 Å². The lowest BCUT2D eigenvalue weighted by Gasteiger charge is -2.29. The number of rotatable bonds is 5. The Morgan fingerprint density at radius 1 is 1.15 bits per heavy atom. The topological polar surface area (TPSA) is 60.0 Å². The Labute approximate surface area is 155 Å². The Hall–Kier alpha value is -2.14. The second-order valence-electron chi connectivity index (χ2n) is 7.70. The Kier molecular flexibility index (Phi) is 4.81. The first-order valence-electron chi connectivity index (χ1n) is 9.89. The van der Waals surface area contributed by atoms with Crippen molar-refractivity contribution in [3.05, 3.63) is 30.1 Å². The number of likely N-dealkylation sites (tertiary alicyclic amines) is 1. The zero-order chi connectivity index (χ0) is 18.1. The van der Waals surface area contributed by atoms with E-state index in [0.29, 0.717) is 11.7 Å². The molecule has 2 aromatic heterocycles. The highest BCUT2D eigenvalue weighted by atomic mass is 15.1. The summed E-state index contributed by atoms with van der Waals surface area (Å²) in [7, 11) is 2.22. The summed E-state index contributed by atoms with van der Waals surface area (Å²) < 4.78 is 2.46. The minimum atomic E-state index is 0.554. The van der Waals surface area contributed by atoms with Crippen molar-refractivity contribution in [1.29, 1.82) is 0 Å². The summed E-state index contributed by atoms with van der Waals surface area (Å²) >= 11 is 0. The van der Waals surface area contributed by atoms with Gasteiger partial charge in [-0.25, -0.2) is 9.97 Å².